The van der Waals surface area contributed by atoms with Crippen molar-refractivity contribution in [2.24, 2.45) is 0 Å². The first-order chi connectivity index (χ1) is 11.5. The fraction of sp³-hybridized carbons (Fsp3) is 0.316. The molecule has 0 bridgehead atoms. The van der Waals surface area contributed by atoms with E-state index in [4.69, 9.17) is 4.74 Å². The van der Waals surface area contributed by atoms with Gasteiger partial charge in [0.15, 0.2) is 0 Å². The summed E-state index contributed by atoms with van der Waals surface area (Å²) < 4.78 is 19.6. The van der Waals surface area contributed by atoms with Crippen LogP contribution in [0, 0.1) is 12.7 Å². The lowest BCUT2D eigenvalue weighted by Crippen LogP contribution is -2.44. The molecule has 1 heterocycles. The lowest BCUT2D eigenvalue weighted by atomic mass is 9.73. The van der Waals surface area contributed by atoms with Crippen molar-refractivity contribution in [3.8, 4) is 0 Å². The van der Waals surface area contributed by atoms with Crippen LogP contribution in [-0.4, -0.2) is 19.1 Å². The zero-order chi connectivity index (χ0) is 17.2. The Hall–Kier alpha value is -1.72. The standard InChI is InChI=1S/C19H19BrFNO2/c1-13-2-7-17(16(20)12-13)22-18(23)19(8-10-24-11-9-19)14-3-5-15(21)6-4-14/h2-7,12H,8-11H2,1H3,(H,22,23). The molecule has 0 saturated carbocycles. The van der Waals surface area contributed by atoms with Gasteiger partial charge in [0.2, 0.25) is 5.91 Å². The number of benzene rings is 2. The van der Waals surface area contributed by atoms with Gasteiger partial charge in [-0.25, -0.2) is 4.39 Å². The molecular weight excluding hydrogens is 373 g/mol. The summed E-state index contributed by atoms with van der Waals surface area (Å²) in [6, 6.07) is 12.0. The molecule has 1 amide bonds. The Labute approximate surface area is 149 Å². The molecule has 1 N–H and O–H groups in total. The van der Waals surface area contributed by atoms with Crippen LogP contribution >= 0.6 is 15.9 Å². The van der Waals surface area contributed by atoms with Gasteiger partial charge in [-0.05, 0) is 71.1 Å². The van der Waals surface area contributed by atoms with Gasteiger partial charge < -0.3 is 10.1 Å². The highest BCUT2D eigenvalue weighted by Crippen LogP contribution is 2.37. The van der Waals surface area contributed by atoms with Gasteiger partial charge in [0, 0.05) is 17.7 Å². The van der Waals surface area contributed by atoms with Crippen LogP contribution in [0.2, 0.25) is 0 Å². The highest BCUT2D eigenvalue weighted by atomic mass is 79.9. The van der Waals surface area contributed by atoms with Gasteiger partial charge >= 0.3 is 0 Å². The van der Waals surface area contributed by atoms with Crippen LogP contribution < -0.4 is 5.32 Å². The molecular formula is C19H19BrFNO2. The highest BCUT2D eigenvalue weighted by molar-refractivity contribution is 9.10. The highest BCUT2D eigenvalue weighted by Gasteiger charge is 2.41. The summed E-state index contributed by atoms with van der Waals surface area (Å²) in [5.74, 6) is -0.385. The molecule has 0 unspecified atom stereocenters. The summed E-state index contributed by atoms with van der Waals surface area (Å²) in [5.41, 5.74) is 1.97. The van der Waals surface area contributed by atoms with Crippen molar-refractivity contribution >= 4 is 27.5 Å². The van der Waals surface area contributed by atoms with E-state index < -0.39 is 5.41 Å². The molecule has 5 heteroatoms. The fourth-order valence-corrected chi connectivity index (χ4v) is 3.69. The number of hydrogen-bond acceptors (Lipinski definition) is 2. The van der Waals surface area contributed by atoms with E-state index in [2.05, 4.69) is 21.2 Å². The average molecular weight is 392 g/mol. The van der Waals surface area contributed by atoms with Crippen molar-refractivity contribution < 1.29 is 13.9 Å². The number of ether oxygens (including phenoxy) is 1. The van der Waals surface area contributed by atoms with Crippen molar-refractivity contribution in [2.45, 2.75) is 25.2 Å². The zero-order valence-corrected chi connectivity index (χ0v) is 15.0. The second-order valence-corrected chi connectivity index (χ2v) is 6.99. The molecule has 1 fully saturated rings. The van der Waals surface area contributed by atoms with Gasteiger partial charge in [-0.2, -0.15) is 0 Å². The van der Waals surface area contributed by atoms with E-state index in [-0.39, 0.29) is 11.7 Å². The number of carbonyl (C=O) groups is 1. The Balaban J connectivity index is 1.93. The minimum atomic E-state index is -0.698. The minimum Gasteiger partial charge on any atom is -0.381 e. The maximum atomic E-state index is 13.3. The molecule has 24 heavy (non-hydrogen) atoms. The van der Waals surface area contributed by atoms with Gasteiger partial charge in [0.05, 0.1) is 11.1 Å². The van der Waals surface area contributed by atoms with Crippen LogP contribution in [0.3, 0.4) is 0 Å². The molecule has 2 aromatic carbocycles. The normalized spacial score (nSPS) is 16.6. The Kier molecular flexibility index (Phi) is 5.01. The molecule has 0 radical (unpaired) electrons. The number of halogens is 2. The molecule has 0 aromatic heterocycles. The first-order valence-electron chi connectivity index (χ1n) is 7.93. The predicted molar refractivity (Wildman–Crippen MR) is 95.6 cm³/mol. The van der Waals surface area contributed by atoms with Gasteiger partial charge in [-0.15, -0.1) is 0 Å². The molecule has 0 spiro atoms. The van der Waals surface area contributed by atoms with E-state index in [1.54, 1.807) is 12.1 Å². The summed E-state index contributed by atoms with van der Waals surface area (Å²) in [6.07, 6.45) is 1.15. The van der Waals surface area contributed by atoms with E-state index in [1.807, 2.05) is 25.1 Å². The van der Waals surface area contributed by atoms with Crippen LogP contribution in [0.15, 0.2) is 46.9 Å². The molecule has 1 aliphatic heterocycles. The quantitative estimate of drug-likeness (QED) is 0.830. The zero-order valence-electron chi connectivity index (χ0n) is 13.4. The Bertz CT molecular complexity index is 740. The van der Waals surface area contributed by atoms with Gasteiger partial charge in [0.1, 0.15) is 5.82 Å². The lowest BCUT2D eigenvalue weighted by Gasteiger charge is -2.36. The van der Waals surface area contributed by atoms with Crippen LogP contribution in [0.1, 0.15) is 24.0 Å². The van der Waals surface area contributed by atoms with Crippen molar-refractivity contribution in [1.82, 2.24) is 0 Å². The first-order valence-corrected chi connectivity index (χ1v) is 8.72. The third kappa shape index (κ3) is 3.37. The Morgan fingerprint density at radius 3 is 2.46 bits per heavy atom. The summed E-state index contributed by atoms with van der Waals surface area (Å²) >= 11 is 3.49. The number of rotatable bonds is 3. The molecule has 3 nitrogen and oxygen atoms in total. The van der Waals surface area contributed by atoms with Crippen LogP contribution in [0.4, 0.5) is 10.1 Å². The second-order valence-electron chi connectivity index (χ2n) is 6.14. The summed E-state index contributed by atoms with van der Waals surface area (Å²) in [5, 5.41) is 3.03. The number of carbonyl (C=O) groups excluding carboxylic acids is 1. The second kappa shape index (κ2) is 7.03. The third-order valence-electron chi connectivity index (χ3n) is 4.55. The Morgan fingerprint density at radius 2 is 1.83 bits per heavy atom. The van der Waals surface area contributed by atoms with E-state index in [0.29, 0.717) is 26.1 Å². The Morgan fingerprint density at radius 1 is 1.17 bits per heavy atom. The molecule has 3 rings (SSSR count). The van der Waals surface area contributed by atoms with E-state index in [0.717, 1.165) is 21.3 Å². The molecule has 2 aromatic rings. The van der Waals surface area contributed by atoms with E-state index in [1.165, 1.54) is 12.1 Å². The number of anilines is 1. The van der Waals surface area contributed by atoms with Crippen molar-refractivity contribution in [2.75, 3.05) is 18.5 Å². The van der Waals surface area contributed by atoms with Gasteiger partial charge in [0.25, 0.3) is 0 Å². The fourth-order valence-electron chi connectivity index (χ4n) is 3.10. The van der Waals surface area contributed by atoms with Gasteiger partial charge in [-0.1, -0.05) is 18.2 Å². The average Bonchev–Trinajstić information content (AvgIpc) is 2.58. The maximum Gasteiger partial charge on any atom is 0.235 e. The lowest BCUT2D eigenvalue weighted by molar-refractivity contribution is -0.125. The molecule has 0 atom stereocenters. The number of nitrogens with one attached hydrogen (secondary N) is 1. The van der Waals surface area contributed by atoms with Crippen molar-refractivity contribution in [3.05, 3.63) is 63.9 Å². The van der Waals surface area contributed by atoms with Crippen molar-refractivity contribution in [1.29, 1.82) is 0 Å². The molecule has 0 aliphatic carbocycles. The molecule has 126 valence electrons. The van der Waals surface area contributed by atoms with Crippen molar-refractivity contribution in [3.63, 3.8) is 0 Å². The maximum absolute atomic E-state index is 13.3. The minimum absolute atomic E-state index is 0.0815. The van der Waals surface area contributed by atoms with E-state index in [9.17, 15) is 9.18 Å². The molecule has 1 aliphatic rings. The number of hydrogen-bond donors (Lipinski definition) is 1. The largest absolute Gasteiger partial charge is 0.381 e. The third-order valence-corrected chi connectivity index (χ3v) is 5.21. The summed E-state index contributed by atoms with van der Waals surface area (Å²) in [4.78, 5) is 13.1. The molecule has 1 saturated heterocycles. The summed E-state index contributed by atoms with van der Waals surface area (Å²) in [6.45, 7) is 3.02. The SMILES string of the molecule is Cc1ccc(NC(=O)C2(c3ccc(F)cc3)CCOCC2)c(Br)c1. The summed E-state index contributed by atoms with van der Waals surface area (Å²) in [7, 11) is 0. The van der Waals surface area contributed by atoms with E-state index >= 15 is 0 Å². The monoisotopic (exact) mass is 391 g/mol. The predicted octanol–water partition coefficient (Wildman–Crippen LogP) is 4.58. The number of aryl methyl sites for hydroxylation is 1. The van der Waals surface area contributed by atoms with Crippen LogP contribution in [0.25, 0.3) is 0 Å². The smallest absolute Gasteiger partial charge is 0.235 e. The topological polar surface area (TPSA) is 38.3 Å². The van der Waals surface area contributed by atoms with Crippen LogP contribution in [-0.2, 0) is 14.9 Å². The van der Waals surface area contributed by atoms with Crippen LogP contribution in [0.5, 0.6) is 0 Å². The van der Waals surface area contributed by atoms with Gasteiger partial charge in [-0.3, -0.25) is 4.79 Å². The first kappa shape index (κ1) is 17.1. The number of amides is 1.